The van der Waals surface area contributed by atoms with Gasteiger partial charge in [-0.3, -0.25) is 9.59 Å². The minimum absolute atomic E-state index is 0.168. The smallest absolute Gasteiger partial charge is 0.326 e. The van der Waals surface area contributed by atoms with Crippen LogP contribution in [-0.4, -0.2) is 42.0 Å². The molecule has 0 bridgehead atoms. The first-order valence-corrected chi connectivity index (χ1v) is 13.8. The Morgan fingerprint density at radius 2 is 1.64 bits per heavy atom. The summed E-state index contributed by atoms with van der Waals surface area (Å²) < 4.78 is 5.88. The van der Waals surface area contributed by atoms with Gasteiger partial charge >= 0.3 is 5.97 Å². The number of benzene rings is 4. The molecule has 0 aliphatic heterocycles. The maximum absolute atomic E-state index is 13.1. The molecule has 0 aliphatic carbocycles. The largest absolute Gasteiger partial charge is 0.494 e. The van der Waals surface area contributed by atoms with E-state index < -0.39 is 12.0 Å². The van der Waals surface area contributed by atoms with Gasteiger partial charge in [-0.05, 0) is 66.9 Å². The number of carbonyl (C=O) groups excluding carboxylic acids is 2. The molecule has 42 heavy (non-hydrogen) atoms. The van der Waals surface area contributed by atoms with Crippen molar-refractivity contribution in [1.82, 2.24) is 0 Å². The highest BCUT2D eigenvalue weighted by molar-refractivity contribution is 6.12. The first kappa shape index (κ1) is 29.8. The summed E-state index contributed by atoms with van der Waals surface area (Å²) in [5.41, 5.74) is 4.09. The Labute approximate surface area is 246 Å². The van der Waals surface area contributed by atoms with Crippen molar-refractivity contribution in [2.75, 3.05) is 23.4 Å². The van der Waals surface area contributed by atoms with Gasteiger partial charge in [-0.2, -0.15) is 0 Å². The molecule has 4 rings (SSSR count). The third-order valence-electron chi connectivity index (χ3n) is 6.75. The maximum Gasteiger partial charge on any atom is 0.326 e. The average Bonchev–Trinajstić information content (AvgIpc) is 3.01. The number of carboxylic acid groups (broad SMARTS) is 1. The van der Waals surface area contributed by atoms with Gasteiger partial charge in [0.1, 0.15) is 11.8 Å². The highest BCUT2D eigenvalue weighted by atomic mass is 16.5. The van der Waals surface area contributed by atoms with Crippen molar-refractivity contribution in [3.63, 3.8) is 0 Å². The van der Waals surface area contributed by atoms with Crippen molar-refractivity contribution in [1.29, 1.82) is 0 Å². The fraction of sp³-hybridized carbons (Fsp3) is 0.171. The van der Waals surface area contributed by atoms with E-state index in [4.69, 9.17) is 4.74 Å². The molecule has 7 nitrogen and oxygen atoms in total. The second kappa shape index (κ2) is 14.5. The number of carboxylic acids is 1. The van der Waals surface area contributed by atoms with Crippen LogP contribution in [0.15, 0.2) is 116 Å². The Hall–Kier alpha value is -5.17. The minimum Gasteiger partial charge on any atom is -0.494 e. The summed E-state index contributed by atoms with van der Waals surface area (Å²) in [5.74, 6) is -0.724. The van der Waals surface area contributed by atoms with Gasteiger partial charge in [0.05, 0.1) is 6.61 Å². The Kier molecular flexibility index (Phi) is 10.3. The number of hydrogen-bond acceptors (Lipinski definition) is 5. The molecule has 7 heteroatoms. The molecular weight excluding hydrogens is 528 g/mol. The molecule has 0 spiro atoms. The van der Waals surface area contributed by atoms with Crippen LogP contribution in [0.4, 0.5) is 11.4 Å². The molecule has 0 aliphatic rings. The molecule has 0 saturated heterocycles. The van der Waals surface area contributed by atoms with Crippen LogP contribution in [0.2, 0.25) is 0 Å². The molecule has 1 amide bonds. The molecule has 4 aromatic carbocycles. The van der Waals surface area contributed by atoms with Crippen LogP contribution in [0, 0.1) is 6.92 Å². The van der Waals surface area contributed by atoms with Crippen LogP contribution in [0.5, 0.6) is 5.75 Å². The van der Waals surface area contributed by atoms with Crippen LogP contribution in [0.25, 0.3) is 0 Å². The highest BCUT2D eigenvalue weighted by Gasteiger charge is 2.21. The average molecular weight is 563 g/mol. The third-order valence-corrected chi connectivity index (χ3v) is 6.75. The van der Waals surface area contributed by atoms with E-state index in [-0.39, 0.29) is 18.1 Å². The molecule has 4 aromatic rings. The number of nitrogens with zero attached hydrogens (tertiary/aromatic N) is 1. The number of hydrogen-bond donors (Lipinski definition) is 2. The van der Waals surface area contributed by atoms with E-state index >= 15 is 0 Å². The lowest BCUT2D eigenvalue weighted by molar-refractivity contribution is -0.137. The molecule has 214 valence electrons. The molecule has 0 saturated carbocycles. The van der Waals surface area contributed by atoms with Gasteiger partial charge in [-0.25, -0.2) is 4.79 Å². The number of anilines is 2. The molecule has 1 atom stereocenters. The third kappa shape index (κ3) is 7.95. The molecule has 0 aromatic heterocycles. The van der Waals surface area contributed by atoms with Gasteiger partial charge in [0, 0.05) is 35.5 Å². The standard InChI is InChI=1S/C35H34N2O5/c1-3-33(38)37(28-14-9-11-25(2)23-28)21-10-22-42-29-19-17-26(18-20-29)24-32(35(40)41)36-31-16-8-7-15-30(31)34(39)27-12-5-4-6-13-27/h3-9,11-20,23,32,36H,1,10,21-22,24H2,2H3,(H,40,41)/t32-/m0/s1. The van der Waals surface area contributed by atoms with Gasteiger partial charge < -0.3 is 20.1 Å². The molecule has 0 heterocycles. The summed E-state index contributed by atoms with van der Waals surface area (Å²) in [6, 6.07) is 29.9. The van der Waals surface area contributed by atoms with Crippen molar-refractivity contribution in [2.24, 2.45) is 0 Å². The summed E-state index contributed by atoms with van der Waals surface area (Å²) in [4.78, 5) is 39.3. The first-order valence-electron chi connectivity index (χ1n) is 13.8. The van der Waals surface area contributed by atoms with Crippen molar-refractivity contribution in [3.8, 4) is 5.75 Å². The van der Waals surface area contributed by atoms with E-state index in [9.17, 15) is 19.5 Å². The summed E-state index contributed by atoms with van der Waals surface area (Å²) in [6.07, 6.45) is 2.13. The number of nitrogens with one attached hydrogen (secondary N) is 1. The van der Waals surface area contributed by atoms with Gasteiger partial charge in [0.15, 0.2) is 5.78 Å². The normalized spacial score (nSPS) is 11.3. The topological polar surface area (TPSA) is 95.9 Å². The van der Waals surface area contributed by atoms with Gasteiger partial charge in [-0.15, -0.1) is 0 Å². The van der Waals surface area contributed by atoms with E-state index in [1.807, 2.05) is 49.4 Å². The molecular formula is C35H34N2O5. The van der Waals surface area contributed by atoms with E-state index in [0.717, 1.165) is 16.8 Å². The van der Waals surface area contributed by atoms with Crippen molar-refractivity contribution >= 4 is 29.0 Å². The lowest BCUT2D eigenvalue weighted by atomic mass is 10.00. The highest BCUT2D eigenvalue weighted by Crippen LogP contribution is 2.22. The van der Waals surface area contributed by atoms with Crippen molar-refractivity contribution in [3.05, 3.63) is 138 Å². The molecule has 2 N–H and O–H groups in total. The predicted molar refractivity (Wildman–Crippen MR) is 165 cm³/mol. The van der Waals surface area contributed by atoms with Crippen LogP contribution >= 0.6 is 0 Å². The van der Waals surface area contributed by atoms with E-state index in [0.29, 0.717) is 42.1 Å². The second-order valence-electron chi connectivity index (χ2n) is 9.86. The zero-order valence-corrected chi connectivity index (χ0v) is 23.5. The Balaban J connectivity index is 1.34. The lowest BCUT2D eigenvalue weighted by Gasteiger charge is -2.22. The quantitative estimate of drug-likeness (QED) is 0.106. The predicted octanol–water partition coefficient (Wildman–Crippen LogP) is 6.32. The van der Waals surface area contributed by atoms with Gasteiger partial charge in [-0.1, -0.05) is 73.3 Å². The Morgan fingerprint density at radius 3 is 2.33 bits per heavy atom. The number of carbonyl (C=O) groups is 3. The Morgan fingerprint density at radius 1 is 0.929 bits per heavy atom. The monoisotopic (exact) mass is 562 g/mol. The number of ether oxygens (including phenoxy) is 1. The van der Waals surface area contributed by atoms with Crippen LogP contribution in [0.1, 0.15) is 33.5 Å². The number of ketones is 1. The molecule has 0 unspecified atom stereocenters. The van der Waals surface area contributed by atoms with Gasteiger partial charge in [0.25, 0.3) is 0 Å². The second-order valence-corrected chi connectivity index (χ2v) is 9.86. The minimum atomic E-state index is -1.02. The number of rotatable bonds is 14. The summed E-state index contributed by atoms with van der Waals surface area (Å²) >= 11 is 0. The van der Waals surface area contributed by atoms with Crippen LogP contribution < -0.4 is 15.0 Å². The molecule has 0 fully saturated rings. The zero-order chi connectivity index (χ0) is 29.9. The van der Waals surface area contributed by atoms with Crippen LogP contribution in [-0.2, 0) is 16.0 Å². The van der Waals surface area contributed by atoms with Crippen molar-refractivity contribution < 1.29 is 24.2 Å². The Bertz CT molecular complexity index is 1530. The number of aryl methyl sites for hydroxylation is 1. The van der Waals surface area contributed by atoms with E-state index in [1.54, 1.807) is 65.6 Å². The van der Waals surface area contributed by atoms with E-state index in [2.05, 4.69) is 11.9 Å². The van der Waals surface area contributed by atoms with Crippen LogP contribution in [0.3, 0.4) is 0 Å². The zero-order valence-electron chi connectivity index (χ0n) is 23.5. The fourth-order valence-electron chi connectivity index (χ4n) is 4.58. The maximum atomic E-state index is 13.1. The first-order chi connectivity index (χ1) is 20.4. The summed E-state index contributed by atoms with van der Waals surface area (Å²) in [6.45, 7) is 6.47. The summed E-state index contributed by atoms with van der Waals surface area (Å²) in [5, 5.41) is 13.0. The number of amides is 1. The van der Waals surface area contributed by atoms with Crippen molar-refractivity contribution in [2.45, 2.75) is 25.8 Å². The number of para-hydroxylation sites is 1. The summed E-state index contributed by atoms with van der Waals surface area (Å²) in [7, 11) is 0. The van der Waals surface area contributed by atoms with E-state index in [1.165, 1.54) is 6.08 Å². The lowest BCUT2D eigenvalue weighted by Crippen LogP contribution is -2.32. The SMILES string of the molecule is C=CC(=O)N(CCCOc1ccc(C[C@H](Nc2ccccc2C(=O)c2ccccc2)C(=O)O)cc1)c1cccc(C)c1. The molecule has 0 radical (unpaired) electrons. The van der Waals surface area contributed by atoms with Gasteiger partial charge in [0.2, 0.25) is 5.91 Å². The number of aliphatic carboxylic acids is 1. The fourth-order valence-corrected chi connectivity index (χ4v) is 4.58.